The number of halogens is 1. The monoisotopic (exact) mass is 531 g/mol. The highest BCUT2D eigenvalue weighted by Gasteiger charge is 2.33. The number of urea groups is 1. The molecule has 0 aliphatic carbocycles. The summed E-state index contributed by atoms with van der Waals surface area (Å²) in [6.45, 7) is 4.13. The van der Waals surface area contributed by atoms with Crippen molar-refractivity contribution in [2.24, 2.45) is 5.73 Å². The molecule has 4 rings (SSSR count). The first-order valence-electron chi connectivity index (χ1n) is 12.8. The summed E-state index contributed by atoms with van der Waals surface area (Å²) in [4.78, 5) is 39.5. The molecule has 0 unspecified atom stereocenters. The Labute approximate surface area is 227 Å². The number of nitrogens with two attached hydrogens (primary N) is 1. The molecule has 5 N–H and O–H groups in total. The number of carbonyl (C=O) groups is 3. The normalized spacial score (nSPS) is 15.3. The SMILES string of the molecule is CNC(=O)NCc1ccccc1-c1ccc(CN2Cc3ccc(F)cc3C[C@@H](NC(=O)C(C)(C)N)C2=O)cc1. The van der Waals surface area contributed by atoms with Crippen LogP contribution in [0.25, 0.3) is 11.1 Å². The second kappa shape index (κ2) is 11.7. The molecule has 0 aromatic heterocycles. The predicted molar refractivity (Wildman–Crippen MR) is 148 cm³/mol. The molecule has 204 valence electrons. The zero-order valence-corrected chi connectivity index (χ0v) is 22.4. The van der Waals surface area contributed by atoms with Crippen molar-refractivity contribution < 1.29 is 18.8 Å². The van der Waals surface area contributed by atoms with Gasteiger partial charge in [-0.15, -0.1) is 0 Å². The maximum Gasteiger partial charge on any atom is 0.314 e. The minimum Gasteiger partial charge on any atom is -0.342 e. The molecule has 1 atom stereocenters. The van der Waals surface area contributed by atoms with Crippen molar-refractivity contribution in [3.8, 4) is 11.1 Å². The number of hydrogen-bond acceptors (Lipinski definition) is 4. The lowest BCUT2D eigenvalue weighted by Gasteiger charge is -2.27. The zero-order valence-electron chi connectivity index (χ0n) is 22.4. The molecule has 1 heterocycles. The Hall–Kier alpha value is -4.24. The number of carbonyl (C=O) groups excluding carboxylic acids is 3. The van der Waals surface area contributed by atoms with Gasteiger partial charge in [0.25, 0.3) is 0 Å². The van der Waals surface area contributed by atoms with Crippen LogP contribution in [0.15, 0.2) is 66.7 Å². The summed E-state index contributed by atoms with van der Waals surface area (Å²) < 4.78 is 14.0. The standard InChI is InChI=1S/C30H34FN5O3/c1-30(2,32)28(38)35-26-15-23-14-24(31)13-12-22(23)18-36(27(26)37)17-19-8-10-20(11-9-19)25-7-5-4-6-21(25)16-34-29(39)33-3/h4-14,26H,15-18,32H2,1-3H3,(H,35,38)(H2,33,34,39)/t26-/m1/s1. The van der Waals surface area contributed by atoms with Crippen LogP contribution in [0, 0.1) is 5.82 Å². The average molecular weight is 532 g/mol. The van der Waals surface area contributed by atoms with Crippen molar-refractivity contribution in [2.75, 3.05) is 7.05 Å². The number of amides is 4. The van der Waals surface area contributed by atoms with Crippen molar-refractivity contribution in [3.63, 3.8) is 0 Å². The molecular formula is C30H34FN5O3. The molecule has 1 aliphatic heterocycles. The van der Waals surface area contributed by atoms with Gasteiger partial charge in [-0.05, 0) is 59.4 Å². The smallest absolute Gasteiger partial charge is 0.314 e. The highest BCUT2D eigenvalue weighted by atomic mass is 19.1. The molecule has 0 radical (unpaired) electrons. The number of hydrogen-bond donors (Lipinski definition) is 4. The lowest BCUT2D eigenvalue weighted by molar-refractivity contribution is -0.138. The van der Waals surface area contributed by atoms with Crippen LogP contribution in [0.5, 0.6) is 0 Å². The molecular weight excluding hydrogens is 497 g/mol. The quantitative estimate of drug-likeness (QED) is 0.375. The summed E-state index contributed by atoms with van der Waals surface area (Å²) >= 11 is 0. The van der Waals surface area contributed by atoms with Crippen LogP contribution >= 0.6 is 0 Å². The van der Waals surface area contributed by atoms with E-state index >= 15 is 0 Å². The minimum absolute atomic E-state index is 0.185. The number of benzene rings is 3. The van der Waals surface area contributed by atoms with E-state index in [4.69, 9.17) is 5.73 Å². The van der Waals surface area contributed by atoms with Gasteiger partial charge in [0.05, 0.1) is 5.54 Å². The van der Waals surface area contributed by atoms with Crippen LogP contribution < -0.4 is 21.7 Å². The van der Waals surface area contributed by atoms with Gasteiger partial charge in [-0.3, -0.25) is 9.59 Å². The molecule has 0 saturated heterocycles. The molecule has 1 aliphatic rings. The van der Waals surface area contributed by atoms with Crippen molar-refractivity contribution in [2.45, 2.75) is 51.5 Å². The van der Waals surface area contributed by atoms with E-state index in [9.17, 15) is 18.8 Å². The number of nitrogens with one attached hydrogen (secondary N) is 3. The lowest BCUT2D eigenvalue weighted by atomic mass is 9.98. The Morgan fingerprint density at radius 1 is 1.05 bits per heavy atom. The lowest BCUT2D eigenvalue weighted by Crippen LogP contribution is -2.56. The van der Waals surface area contributed by atoms with Gasteiger partial charge in [0.1, 0.15) is 11.9 Å². The van der Waals surface area contributed by atoms with Crippen LogP contribution in [0.3, 0.4) is 0 Å². The van der Waals surface area contributed by atoms with E-state index in [1.54, 1.807) is 31.9 Å². The molecule has 0 saturated carbocycles. The Morgan fingerprint density at radius 3 is 2.46 bits per heavy atom. The molecule has 0 spiro atoms. The van der Waals surface area contributed by atoms with Crippen molar-refractivity contribution in [1.29, 1.82) is 0 Å². The maximum atomic E-state index is 14.0. The largest absolute Gasteiger partial charge is 0.342 e. The molecule has 39 heavy (non-hydrogen) atoms. The molecule has 9 heteroatoms. The van der Waals surface area contributed by atoms with Crippen molar-refractivity contribution in [3.05, 3.63) is 94.8 Å². The third-order valence-electron chi connectivity index (χ3n) is 6.78. The van der Waals surface area contributed by atoms with E-state index in [2.05, 4.69) is 16.0 Å². The summed E-state index contributed by atoms with van der Waals surface area (Å²) in [6.07, 6.45) is 0.185. The van der Waals surface area contributed by atoms with E-state index in [1.807, 2.05) is 48.5 Å². The Morgan fingerprint density at radius 2 is 1.77 bits per heavy atom. The van der Waals surface area contributed by atoms with Gasteiger partial charge in [0.2, 0.25) is 11.8 Å². The summed E-state index contributed by atoms with van der Waals surface area (Å²) in [5, 5.41) is 8.14. The van der Waals surface area contributed by atoms with E-state index < -0.39 is 17.5 Å². The van der Waals surface area contributed by atoms with E-state index in [0.717, 1.165) is 27.8 Å². The third-order valence-corrected chi connectivity index (χ3v) is 6.78. The Balaban J connectivity index is 1.56. The molecule has 0 bridgehead atoms. The van der Waals surface area contributed by atoms with Crippen LogP contribution in [-0.4, -0.2) is 41.4 Å². The summed E-state index contributed by atoms with van der Waals surface area (Å²) in [5.41, 5.74) is 10.2. The van der Waals surface area contributed by atoms with Gasteiger partial charge in [0, 0.05) is 33.1 Å². The van der Waals surface area contributed by atoms with Crippen molar-refractivity contribution >= 4 is 17.8 Å². The fourth-order valence-corrected chi connectivity index (χ4v) is 4.57. The Bertz CT molecular complexity index is 1370. The molecule has 4 amide bonds. The number of rotatable bonds is 7. The van der Waals surface area contributed by atoms with Gasteiger partial charge in [-0.1, -0.05) is 54.6 Å². The first-order valence-corrected chi connectivity index (χ1v) is 12.8. The van der Waals surface area contributed by atoms with Crippen LogP contribution in [-0.2, 0) is 35.6 Å². The second-order valence-electron chi connectivity index (χ2n) is 10.3. The highest BCUT2D eigenvalue weighted by molar-refractivity contribution is 5.92. The fourth-order valence-electron chi connectivity index (χ4n) is 4.57. The topological polar surface area (TPSA) is 117 Å². The number of fused-ring (bicyclic) bond motifs is 1. The van der Waals surface area contributed by atoms with Gasteiger partial charge in [-0.2, -0.15) is 0 Å². The molecule has 3 aromatic carbocycles. The summed E-state index contributed by atoms with van der Waals surface area (Å²) in [5.74, 6) is -1.09. The van der Waals surface area contributed by atoms with Gasteiger partial charge in [0.15, 0.2) is 0 Å². The van der Waals surface area contributed by atoms with E-state index in [-0.39, 0.29) is 24.2 Å². The Kier molecular flexibility index (Phi) is 8.30. The molecule has 8 nitrogen and oxygen atoms in total. The van der Waals surface area contributed by atoms with Crippen molar-refractivity contribution in [1.82, 2.24) is 20.9 Å². The summed E-state index contributed by atoms with van der Waals surface area (Å²) in [6, 6.07) is 19.1. The zero-order chi connectivity index (χ0) is 28.2. The molecule has 3 aromatic rings. The number of nitrogens with zero attached hydrogens (tertiary/aromatic N) is 1. The fraction of sp³-hybridized carbons (Fsp3) is 0.300. The van der Waals surface area contributed by atoms with Crippen LogP contribution in [0.2, 0.25) is 0 Å². The van der Waals surface area contributed by atoms with Gasteiger partial charge < -0.3 is 26.6 Å². The van der Waals surface area contributed by atoms with Crippen LogP contribution in [0.4, 0.5) is 9.18 Å². The third kappa shape index (κ3) is 6.80. The van der Waals surface area contributed by atoms with Gasteiger partial charge in [-0.25, -0.2) is 9.18 Å². The highest BCUT2D eigenvalue weighted by Crippen LogP contribution is 2.26. The maximum absolute atomic E-state index is 14.0. The van der Waals surface area contributed by atoms with E-state index in [0.29, 0.717) is 25.2 Å². The van der Waals surface area contributed by atoms with Crippen LogP contribution in [0.1, 0.15) is 36.1 Å². The summed E-state index contributed by atoms with van der Waals surface area (Å²) in [7, 11) is 1.57. The first kappa shape index (κ1) is 27.8. The second-order valence-corrected chi connectivity index (χ2v) is 10.3. The van der Waals surface area contributed by atoms with E-state index in [1.165, 1.54) is 12.1 Å². The first-order chi connectivity index (χ1) is 18.5. The molecule has 0 fully saturated rings. The average Bonchev–Trinajstić information content (AvgIpc) is 3.03. The predicted octanol–water partition coefficient (Wildman–Crippen LogP) is 3.23. The minimum atomic E-state index is -1.16. The van der Waals surface area contributed by atoms with Gasteiger partial charge >= 0.3 is 6.03 Å².